The smallest absolute Gasteiger partial charge is 0.254 e. The van der Waals surface area contributed by atoms with Gasteiger partial charge < -0.3 is 24.4 Å². The first-order valence-corrected chi connectivity index (χ1v) is 11.6. The lowest BCUT2D eigenvalue weighted by Crippen LogP contribution is -2.48. The van der Waals surface area contributed by atoms with Crippen LogP contribution in [0.3, 0.4) is 0 Å². The molecule has 2 aliphatic heterocycles. The number of amides is 2. The van der Waals surface area contributed by atoms with Crippen LogP contribution in [-0.2, 0) is 16.1 Å². The molecule has 0 radical (unpaired) electrons. The summed E-state index contributed by atoms with van der Waals surface area (Å²) in [4.78, 5) is 29.8. The minimum Gasteiger partial charge on any atom is -0.454 e. The predicted molar refractivity (Wildman–Crippen MR) is 124 cm³/mol. The maximum Gasteiger partial charge on any atom is 0.254 e. The minimum absolute atomic E-state index is 0.0825. The zero-order chi connectivity index (χ0) is 22.8. The zero-order valence-corrected chi connectivity index (χ0v) is 19.0. The Morgan fingerprint density at radius 1 is 1.15 bits per heavy atom. The van der Waals surface area contributed by atoms with Crippen molar-refractivity contribution in [2.45, 2.75) is 18.5 Å². The van der Waals surface area contributed by atoms with Gasteiger partial charge in [-0.25, -0.2) is 0 Å². The number of nitrogens with zero attached hydrogens (tertiary/aromatic N) is 1. The molecule has 0 saturated carbocycles. The predicted octanol–water partition coefficient (Wildman–Crippen LogP) is 3.72. The third-order valence-electron chi connectivity index (χ3n) is 6.00. The van der Waals surface area contributed by atoms with E-state index in [4.69, 9.17) is 14.2 Å². The summed E-state index contributed by atoms with van der Waals surface area (Å²) in [5.74, 6) is 0.631. The van der Waals surface area contributed by atoms with Crippen LogP contribution in [0.4, 0.5) is 0 Å². The molecule has 0 spiro atoms. The van der Waals surface area contributed by atoms with E-state index >= 15 is 0 Å². The molecule has 2 amide bonds. The molecule has 0 bridgehead atoms. The monoisotopic (exact) mass is 464 g/mol. The lowest BCUT2D eigenvalue weighted by atomic mass is 9.81. The third-order valence-corrected chi connectivity index (χ3v) is 6.94. The summed E-state index contributed by atoms with van der Waals surface area (Å²) in [5, 5.41) is 5.05. The van der Waals surface area contributed by atoms with E-state index in [1.165, 1.54) is 0 Å². The van der Waals surface area contributed by atoms with Crippen molar-refractivity contribution in [1.82, 2.24) is 10.2 Å². The van der Waals surface area contributed by atoms with Crippen LogP contribution in [0, 0.1) is 0 Å². The number of hydrogen-bond donors (Lipinski definition) is 1. The second-order valence-corrected chi connectivity index (χ2v) is 8.90. The fraction of sp³-hybridized carbons (Fsp3) is 0.280. The maximum absolute atomic E-state index is 13.7. The number of benzene rings is 2. The fourth-order valence-corrected chi connectivity index (χ4v) is 5.31. The Balaban J connectivity index is 1.47. The lowest BCUT2D eigenvalue weighted by molar-refractivity contribution is -0.124. The van der Waals surface area contributed by atoms with Gasteiger partial charge in [0.25, 0.3) is 5.91 Å². The van der Waals surface area contributed by atoms with Crippen LogP contribution in [0.15, 0.2) is 60.0 Å². The summed E-state index contributed by atoms with van der Waals surface area (Å²) in [6.07, 6.45) is 0. The minimum atomic E-state index is -0.539. The topological polar surface area (TPSA) is 77.1 Å². The van der Waals surface area contributed by atoms with Crippen LogP contribution in [-0.4, -0.2) is 43.8 Å². The Hall–Kier alpha value is -3.36. The highest BCUT2D eigenvalue weighted by Crippen LogP contribution is 2.44. The van der Waals surface area contributed by atoms with E-state index in [-0.39, 0.29) is 18.6 Å². The van der Waals surface area contributed by atoms with Crippen LogP contribution >= 0.6 is 11.3 Å². The quantitative estimate of drug-likeness (QED) is 0.577. The summed E-state index contributed by atoms with van der Waals surface area (Å²) >= 11 is 1.55. The summed E-state index contributed by atoms with van der Waals surface area (Å²) in [5.41, 5.74) is 2.22. The molecule has 2 aliphatic rings. The molecule has 3 aromatic rings. The first kappa shape index (κ1) is 21.5. The maximum atomic E-state index is 13.7. The van der Waals surface area contributed by atoms with Crippen molar-refractivity contribution in [2.24, 2.45) is 0 Å². The van der Waals surface area contributed by atoms with Gasteiger partial charge in [-0.05, 0) is 40.8 Å². The second-order valence-electron chi connectivity index (χ2n) is 7.92. The molecule has 7 nitrogen and oxygen atoms in total. The summed E-state index contributed by atoms with van der Waals surface area (Å²) in [6, 6.07) is 16.5. The van der Waals surface area contributed by atoms with E-state index in [9.17, 15) is 9.59 Å². The first-order valence-electron chi connectivity index (χ1n) is 10.8. The fourth-order valence-electron chi connectivity index (χ4n) is 4.44. The van der Waals surface area contributed by atoms with Gasteiger partial charge in [0, 0.05) is 30.6 Å². The number of carbonyl (C=O) groups excluding carboxylic acids is 2. The van der Waals surface area contributed by atoms with Crippen molar-refractivity contribution in [3.8, 4) is 11.5 Å². The van der Waals surface area contributed by atoms with Crippen LogP contribution in [0.2, 0.25) is 0 Å². The number of methoxy groups -OCH3 is 1. The van der Waals surface area contributed by atoms with Crippen molar-refractivity contribution in [2.75, 3.05) is 27.1 Å². The first-order chi connectivity index (χ1) is 16.2. The number of fused-ring (bicyclic) bond motifs is 2. The number of hydrogen-bond acceptors (Lipinski definition) is 6. The lowest BCUT2D eigenvalue weighted by Gasteiger charge is -2.41. The molecule has 5 rings (SSSR count). The standard InChI is InChI=1S/C25H24N2O5S/c1-30-11-10-27-23(21-7-4-12-33-21)22(17-5-2-3-6-18(17)25(27)29)24(28)26-14-16-8-9-19-20(13-16)32-15-31-19/h2-9,12-13,22-23H,10-11,14-15H2,1H3,(H,26,28)/t22-,23-/m0/s1. The van der Waals surface area contributed by atoms with Gasteiger partial charge >= 0.3 is 0 Å². The van der Waals surface area contributed by atoms with Crippen LogP contribution in [0.25, 0.3) is 0 Å². The van der Waals surface area contributed by atoms with Crippen molar-refractivity contribution in [3.05, 3.63) is 81.5 Å². The molecular weight excluding hydrogens is 440 g/mol. The number of nitrogens with one attached hydrogen (secondary N) is 1. The Labute approximate surface area is 195 Å². The summed E-state index contributed by atoms with van der Waals surface area (Å²) < 4.78 is 16.1. The number of thiophene rings is 1. The zero-order valence-electron chi connectivity index (χ0n) is 18.2. The van der Waals surface area contributed by atoms with E-state index in [1.54, 1.807) is 29.4 Å². The van der Waals surface area contributed by atoms with Gasteiger partial charge in [-0.1, -0.05) is 30.3 Å². The highest BCUT2D eigenvalue weighted by Gasteiger charge is 2.44. The Morgan fingerprint density at radius 3 is 2.82 bits per heavy atom. The summed E-state index contributed by atoms with van der Waals surface area (Å²) in [7, 11) is 1.61. The molecule has 0 unspecified atom stereocenters. The normalized spacial score (nSPS) is 18.8. The summed E-state index contributed by atoms with van der Waals surface area (Å²) in [6.45, 7) is 1.34. The SMILES string of the molecule is COCCN1C(=O)c2ccccc2[C@H](C(=O)NCc2ccc3c(c2)OCO3)[C@@H]1c1cccs1. The van der Waals surface area contributed by atoms with Crippen molar-refractivity contribution < 1.29 is 23.8 Å². The van der Waals surface area contributed by atoms with E-state index < -0.39 is 12.0 Å². The highest BCUT2D eigenvalue weighted by molar-refractivity contribution is 7.10. The van der Waals surface area contributed by atoms with Crippen LogP contribution < -0.4 is 14.8 Å². The molecule has 0 saturated heterocycles. The Kier molecular flexibility index (Phi) is 6.02. The van der Waals surface area contributed by atoms with Gasteiger partial charge in [0.15, 0.2) is 11.5 Å². The molecule has 0 aliphatic carbocycles. The number of rotatable bonds is 7. The molecule has 3 heterocycles. The van der Waals surface area contributed by atoms with Crippen molar-refractivity contribution in [1.29, 1.82) is 0 Å². The van der Waals surface area contributed by atoms with E-state index in [1.807, 2.05) is 53.9 Å². The van der Waals surface area contributed by atoms with Gasteiger partial charge in [0.05, 0.1) is 18.6 Å². The number of carbonyl (C=O) groups is 2. The molecule has 33 heavy (non-hydrogen) atoms. The van der Waals surface area contributed by atoms with E-state index in [0.29, 0.717) is 36.8 Å². The Morgan fingerprint density at radius 2 is 2.00 bits per heavy atom. The molecule has 2 atom stereocenters. The number of ether oxygens (including phenoxy) is 3. The van der Waals surface area contributed by atoms with E-state index in [2.05, 4.69) is 5.32 Å². The molecule has 1 N–H and O–H groups in total. The molecule has 0 fully saturated rings. The molecular formula is C25H24N2O5S. The van der Waals surface area contributed by atoms with Gasteiger partial charge in [-0.15, -0.1) is 11.3 Å². The second kappa shape index (κ2) is 9.25. The molecule has 1 aromatic heterocycles. The third kappa shape index (κ3) is 4.07. The molecule has 2 aromatic carbocycles. The molecule has 8 heteroatoms. The van der Waals surface area contributed by atoms with E-state index in [0.717, 1.165) is 16.0 Å². The average Bonchev–Trinajstić information content (AvgIpc) is 3.53. The molecule has 170 valence electrons. The van der Waals surface area contributed by atoms with Crippen molar-refractivity contribution in [3.63, 3.8) is 0 Å². The van der Waals surface area contributed by atoms with Crippen LogP contribution in [0.1, 0.15) is 38.3 Å². The van der Waals surface area contributed by atoms with Gasteiger partial charge in [0.2, 0.25) is 12.7 Å². The Bertz CT molecular complexity index is 1160. The average molecular weight is 465 g/mol. The van der Waals surface area contributed by atoms with Gasteiger partial charge in [-0.3, -0.25) is 9.59 Å². The van der Waals surface area contributed by atoms with Crippen LogP contribution in [0.5, 0.6) is 11.5 Å². The van der Waals surface area contributed by atoms with Gasteiger partial charge in [0.1, 0.15) is 0 Å². The van der Waals surface area contributed by atoms with Crippen molar-refractivity contribution >= 4 is 23.2 Å². The largest absolute Gasteiger partial charge is 0.454 e. The highest BCUT2D eigenvalue weighted by atomic mass is 32.1. The van der Waals surface area contributed by atoms with Gasteiger partial charge in [-0.2, -0.15) is 0 Å².